The van der Waals surface area contributed by atoms with Crippen LogP contribution in [-0.2, 0) is 11.3 Å². The molecule has 0 aromatic carbocycles. The summed E-state index contributed by atoms with van der Waals surface area (Å²) < 4.78 is 1.53. The Balaban J connectivity index is 2.27. The number of amides is 1. The van der Waals surface area contributed by atoms with Crippen molar-refractivity contribution < 1.29 is 4.79 Å². The molecule has 0 aliphatic carbocycles. The molecule has 0 aliphatic heterocycles. The van der Waals surface area contributed by atoms with Gasteiger partial charge in [0.2, 0.25) is 5.91 Å². The summed E-state index contributed by atoms with van der Waals surface area (Å²) in [6.07, 6.45) is 3.77. The summed E-state index contributed by atoms with van der Waals surface area (Å²) >= 11 is 0. The Bertz CT molecular complexity index is 724. The first-order valence-electron chi connectivity index (χ1n) is 7.49. The maximum Gasteiger partial charge on any atom is 0.258 e. The predicted molar refractivity (Wildman–Crippen MR) is 85.6 cm³/mol. The van der Waals surface area contributed by atoms with Crippen LogP contribution in [0.15, 0.2) is 29.2 Å². The van der Waals surface area contributed by atoms with Gasteiger partial charge in [-0.2, -0.15) is 0 Å². The SMILES string of the molecule is CCCCN(CC(N)=O)Cc1cc(=O)n2cc(C)ccc2n1. The van der Waals surface area contributed by atoms with E-state index in [1.165, 1.54) is 10.5 Å². The van der Waals surface area contributed by atoms with Crippen LogP contribution in [0.1, 0.15) is 31.0 Å². The fourth-order valence-corrected chi connectivity index (χ4v) is 2.38. The minimum absolute atomic E-state index is 0.113. The van der Waals surface area contributed by atoms with Crippen molar-refractivity contribution in [2.45, 2.75) is 33.2 Å². The Hall–Kier alpha value is -2.21. The molecule has 0 spiro atoms. The number of nitrogens with two attached hydrogens (primary N) is 1. The monoisotopic (exact) mass is 302 g/mol. The molecule has 2 aromatic heterocycles. The molecule has 0 bridgehead atoms. The van der Waals surface area contributed by atoms with Crippen LogP contribution < -0.4 is 11.3 Å². The van der Waals surface area contributed by atoms with Gasteiger partial charge in [0, 0.05) is 18.8 Å². The minimum Gasteiger partial charge on any atom is -0.369 e. The van der Waals surface area contributed by atoms with Crippen LogP contribution in [0.4, 0.5) is 0 Å². The zero-order chi connectivity index (χ0) is 16.1. The quantitative estimate of drug-likeness (QED) is 0.830. The minimum atomic E-state index is -0.371. The summed E-state index contributed by atoms with van der Waals surface area (Å²) in [5.74, 6) is -0.371. The second-order valence-electron chi connectivity index (χ2n) is 5.55. The van der Waals surface area contributed by atoms with Crippen molar-refractivity contribution in [2.75, 3.05) is 13.1 Å². The highest BCUT2D eigenvalue weighted by molar-refractivity contribution is 5.75. The summed E-state index contributed by atoms with van der Waals surface area (Å²) in [6, 6.07) is 5.26. The molecule has 2 heterocycles. The first-order chi connectivity index (χ1) is 10.5. The van der Waals surface area contributed by atoms with E-state index in [-0.39, 0.29) is 18.0 Å². The van der Waals surface area contributed by atoms with Crippen molar-refractivity contribution in [3.8, 4) is 0 Å². The number of unbranched alkanes of at least 4 members (excludes halogenated alkanes) is 1. The number of nitrogens with zero attached hydrogens (tertiary/aromatic N) is 3. The lowest BCUT2D eigenvalue weighted by atomic mass is 10.2. The normalized spacial score (nSPS) is 11.2. The van der Waals surface area contributed by atoms with Crippen LogP contribution in [0.3, 0.4) is 0 Å². The van der Waals surface area contributed by atoms with Gasteiger partial charge in [0.15, 0.2) is 0 Å². The van der Waals surface area contributed by atoms with Gasteiger partial charge in [-0.05, 0) is 31.5 Å². The fourth-order valence-electron chi connectivity index (χ4n) is 2.38. The number of hydrogen-bond donors (Lipinski definition) is 1. The lowest BCUT2D eigenvalue weighted by Gasteiger charge is -2.20. The van der Waals surface area contributed by atoms with Crippen molar-refractivity contribution in [1.82, 2.24) is 14.3 Å². The average molecular weight is 302 g/mol. The highest BCUT2D eigenvalue weighted by atomic mass is 16.1. The number of rotatable bonds is 7. The molecule has 0 fully saturated rings. The molecular formula is C16H22N4O2. The molecule has 2 aromatic rings. The van der Waals surface area contributed by atoms with Gasteiger partial charge in [-0.1, -0.05) is 19.4 Å². The molecule has 22 heavy (non-hydrogen) atoms. The van der Waals surface area contributed by atoms with E-state index in [1.807, 2.05) is 24.0 Å². The number of carbonyl (C=O) groups excluding carboxylic acids is 1. The molecule has 1 amide bonds. The smallest absolute Gasteiger partial charge is 0.258 e. The van der Waals surface area contributed by atoms with Crippen molar-refractivity contribution in [3.05, 3.63) is 46.0 Å². The number of primary amides is 1. The zero-order valence-corrected chi connectivity index (χ0v) is 13.1. The molecule has 0 aliphatic rings. The van der Waals surface area contributed by atoms with Gasteiger partial charge in [-0.3, -0.25) is 18.9 Å². The average Bonchev–Trinajstić information content (AvgIpc) is 2.45. The van der Waals surface area contributed by atoms with E-state index in [2.05, 4.69) is 11.9 Å². The third kappa shape index (κ3) is 4.14. The molecule has 0 radical (unpaired) electrons. The second kappa shape index (κ2) is 7.17. The summed E-state index contributed by atoms with van der Waals surface area (Å²) in [5, 5.41) is 0. The standard InChI is InChI=1S/C16H22N4O2/c1-3-4-7-19(11-14(17)21)10-13-8-16(22)20-9-12(2)5-6-15(20)18-13/h5-6,8-9H,3-4,7,10-11H2,1-2H3,(H2,17,21). The third-order valence-electron chi connectivity index (χ3n) is 3.45. The van der Waals surface area contributed by atoms with E-state index in [9.17, 15) is 9.59 Å². The van der Waals surface area contributed by atoms with Gasteiger partial charge in [0.1, 0.15) is 5.65 Å². The highest BCUT2D eigenvalue weighted by Gasteiger charge is 2.11. The first kappa shape index (κ1) is 16.2. The van der Waals surface area contributed by atoms with E-state index in [0.717, 1.165) is 24.9 Å². The van der Waals surface area contributed by atoms with Gasteiger partial charge in [0.05, 0.1) is 12.2 Å². The Kier molecular flexibility index (Phi) is 5.27. The molecule has 0 atom stereocenters. The second-order valence-corrected chi connectivity index (χ2v) is 5.55. The Morgan fingerprint density at radius 2 is 2.18 bits per heavy atom. The van der Waals surface area contributed by atoms with Crippen LogP contribution in [0.5, 0.6) is 0 Å². The Morgan fingerprint density at radius 1 is 1.41 bits per heavy atom. The number of aromatic nitrogens is 2. The van der Waals surface area contributed by atoms with E-state index < -0.39 is 0 Å². The number of carbonyl (C=O) groups is 1. The third-order valence-corrected chi connectivity index (χ3v) is 3.45. The first-order valence-corrected chi connectivity index (χ1v) is 7.49. The van der Waals surface area contributed by atoms with Crippen molar-refractivity contribution in [1.29, 1.82) is 0 Å². The molecule has 6 nitrogen and oxygen atoms in total. The van der Waals surface area contributed by atoms with Crippen LogP contribution in [0, 0.1) is 6.92 Å². The van der Waals surface area contributed by atoms with E-state index in [0.29, 0.717) is 17.9 Å². The van der Waals surface area contributed by atoms with Crippen LogP contribution in [0.2, 0.25) is 0 Å². The maximum absolute atomic E-state index is 12.2. The molecule has 0 unspecified atom stereocenters. The summed E-state index contributed by atoms with van der Waals surface area (Å²) in [4.78, 5) is 29.8. The van der Waals surface area contributed by atoms with E-state index in [4.69, 9.17) is 5.73 Å². The van der Waals surface area contributed by atoms with Gasteiger partial charge < -0.3 is 5.73 Å². The van der Waals surface area contributed by atoms with E-state index >= 15 is 0 Å². The molecule has 0 saturated carbocycles. The lowest BCUT2D eigenvalue weighted by Crippen LogP contribution is -2.34. The molecular weight excluding hydrogens is 280 g/mol. The summed E-state index contributed by atoms with van der Waals surface area (Å²) in [6.45, 7) is 5.40. The highest BCUT2D eigenvalue weighted by Crippen LogP contribution is 2.06. The largest absolute Gasteiger partial charge is 0.369 e. The number of hydrogen-bond acceptors (Lipinski definition) is 4. The molecule has 6 heteroatoms. The molecule has 0 saturated heterocycles. The summed E-state index contributed by atoms with van der Waals surface area (Å²) in [7, 11) is 0. The van der Waals surface area contributed by atoms with Crippen molar-refractivity contribution >= 4 is 11.6 Å². The van der Waals surface area contributed by atoms with Crippen LogP contribution in [-0.4, -0.2) is 33.3 Å². The van der Waals surface area contributed by atoms with Crippen LogP contribution in [0.25, 0.3) is 5.65 Å². The number of pyridine rings is 1. The van der Waals surface area contributed by atoms with E-state index in [1.54, 1.807) is 6.20 Å². The molecule has 118 valence electrons. The maximum atomic E-state index is 12.2. The van der Waals surface area contributed by atoms with Gasteiger partial charge in [0.25, 0.3) is 5.56 Å². The summed E-state index contributed by atoms with van der Waals surface area (Å²) in [5.41, 5.74) is 7.45. The lowest BCUT2D eigenvalue weighted by molar-refractivity contribution is -0.119. The molecule has 2 N–H and O–H groups in total. The fraction of sp³-hybridized carbons (Fsp3) is 0.438. The Morgan fingerprint density at radius 3 is 2.86 bits per heavy atom. The number of fused-ring (bicyclic) bond motifs is 1. The van der Waals surface area contributed by atoms with Gasteiger partial charge in [-0.15, -0.1) is 0 Å². The predicted octanol–water partition coefficient (Wildman–Crippen LogP) is 1.09. The van der Waals surface area contributed by atoms with Gasteiger partial charge in [-0.25, -0.2) is 4.98 Å². The van der Waals surface area contributed by atoms with Crippen molar-refractivity contribution in [3.63, 3.8) is 0 Å². The topological polar surface area (TPSA) is 80.7 Å². The molecule has 2 rings (SSSR count). The van der Waals surface area contributed by atoms with Crippen LogP contribution >= 0.6 is 0 Å². The zero-order valence-electron chi connectivity index (χ0n) is 13.1. The Labute approximate surface area is 129 Å². The van der Waals surface area contributed by atoms with Crippen molar-refractivity contribution in [2.24, 2.45) is 5.73 Å². The van der Waals surface area contributed by atoms with Gasteiger partial charge >= 0.3 is 0 Å². The number of aryl methyl sites for hydroxylation is 1.